The van der Waals surface area contributed by atoms with Gasteiger partial charge in [-0.1, -0.05) is 20.8 Å². The lowest BCUT2D eigenvalue weighted by atomic mass is 9.84. The topological polar surface area (TPSA) is 24.5 Å². The van der Waals surface area contributed by atoms with E-state index in [1.165, 1.54) is 6.42 Å². The van der Waals surface area contributed by atoms with E-state index in [-0.39, 0.29) is 0 Å². The van der Waals surface area contributed by atoms with Crippen LogP contribution in [0.2, 0.25) is 0 Å². The lowest BCUT2D eigenvalue weighted by molar-refractivity contribution is 0.0160. The molecule has 1 heterocycles. The Bertz CT molecular complexity index is 188. The minimum Gasteiger partial charge on any atom is -0.379 e. The van der Waals surface area contributed by atoms with E-state index in [0.29, 0.717) is 11.5 Å². The molecule has 1 fully saturated rings. The first-order chi connectivity index (χ1) is 7.56. The molecule has 96 valence electrons. The molecule has 3 heteroatoms. The van der Waals surface area contributed by atoms with Crippen molar-refractivity contribution in [2.24, 2.45) is 5.41 Å². The van der Waals surface area contributed by atoms with Gasteiger partial charge in [-0.25, -0.2) is 0 Å². The van der Waals surface area contributed by atoms with Crippen LogP contribution >= 0.6 is 0 Å². The van der Waals surface area contributed by atoms with Crippen LogP contribution in [0.15, 0.2) is 0 Å². The maximum absolute atomic E-state index is 5.38. The zero-order valence-corrected chi connectivity index (χ0v) is 11.4. The summed E-state index contributed by atoms with van der Waals surface area (Å²) in [4.78, 5) is 2.52. The van der Waals surface area contributed by atoms with Crippen molar-refractivity contribution in [2.45, 2.75) is 40.2 Å². The highest BCUT2D eigenvalue weighted by molar-refractivity contribution is 4.84. The number of rotatable bonds is 6. The molecule has 0 spiro atoms. The zero-order chi connectivity index (χ0) is 12.0. The molecule has 0 aromatic heterocycles. The van der Waals surface area contributed by atoms with Gasteiger partial charge in [-0.05, 0) is 25.3 Å². The van der Waals surface area contributed by atoms with Crippen LogP contribution in [0, 0.1) is 5.41 Å². The maximum Gasteiger partial charge on any atom is 0.0594 e. The third-order valence-electron chi connectivity index (χ3n) is 3.61. The number of nitrogens with zero attached hydrogens (tertiary/aromatic N) is 1. The molecule has 0 saturated carbocycles. The first kappa shape index (κ1) is 13.9. The maximum atomic E-state index is 5.38. The Morgan fingerprint density at radius 1 is 1.31 bits per heavy atom. The second-order valence-electron chi connectivity index (χ2n) is 5.55. The standard InChI is InChI=1S/C13H28N2O/c1-5-6-14-12(2)13(3,4)11-15-7-9-16-10-8-15/h12,14H,5-11H2,1-4H3. The van der Waals surface area contributed by atoms with Crippen molar-refractivity contribution in [3.8, 4) is 0 Å². The van der Waals surface area contributed by atoms with Crippen molar-refractivity contribution in [1.82, 2.24) is 10.2 Å². The molecule has 0 bridgehead atoms. The predicted molar refractivity (Wildman–Crippen MR) is 68.8 cm³/mol. The average Bonchev–Trinajstić information content (AvgIpc) is 2.26. The summed E-state index contributed by atoms with van der Waals surface area (Å²) >= 11 is 0. The van der Waals surface area contributed by atoms with Crippen LogP contribution in [0.3, 0.4) is 0 Å². The molecule has 0 aromatic rings. The van der Waals surface area contributed by atoms with E-state index in [0.717, 1.165) is 39.4 Å². The van der Waals surface area contributed by atoms with Crippen molar-refractivity contribution in [2.75, 3.05) is 39.4 Å². The highest BCUT2D eigenvalue weighted by Gasteiger charge is 2.28. The lowest BCUT2D eigenvalue weighted by Crippen LogP contribution is -2.49. The fourth-order valence-electron chi connectivity index (χ4n) is 2.11. The van der Waals surface area contributed by atoms with Gasteiger partial charge < -0.3 is 10.1 Å². The van der Waals surface area contributed by atoms with E-state index in [2.05, 4.69) is 37.9 Å². The van der Waals surface area contributed by atoms with Crippen LogP contribution < -0.4 is 5.32 Å². The Morgan fingerprint density at radius 3 is 2.50 bits per heavy atom. The molecule has 16 heavy (non-hydrogen) atoms. The Balaban J connectivity index is 2.35. The van der Waals surface area contributed by atoms with Gasteiger partial charge in [0.1, 0.15) is 0 Å². The van der Waals surface area contributed by atoms with Crippen LogP contribution in [-0.4, -0.2) is 50.3 Å². The first-order valence-electron chi connectivity index (χ1n) is 6.59. The first-order valence-corrected chi connectivity index (χ1v) is 6.59. The van der Waals surface area contributed by atoms with Gasteiger partial charge in [-0.3, -0.25) is 4.90 Å². The van der Waals surface area contributed by atoms with E-state index < -0.39 is 0 Å². The van der Waals surface area contributed by atoms with Crippen molar-refractivity contribution in [3.05, 3.63) is 0 Å². The minimum absolute atomic E-state index is 0.326. The smallest absolute Gasteiger partial charge is 0.0594 e. The van der Waals surface area contributed by atoms with E-state index in [4.69, 9.17) is 4.74 Å². The number of nitrogens with one attached hydrogen (secondary N) is 1. The summed E-state index contributed by atoms with van der Waals surface area (Å²) < 4.78 is 5.38. The molecule has 0 radical (unpaired) electrons. The summed E-state index contributed by atoms with van der Waals surface area (Å²) in [5.74, 6) is 0. The van der Waals surface area contributed by atoms with Crippen LogP contribution in [0.25, 0.3) is 0 Å². The van der Waals surface area contributed by atoms with Crippen molar-refractivity contribution < 1.29 is 4.74 Å². The molecule has 1 unspecified atom stereocenters. The summed E-state index contributed by atoms with van der Waals surface area (Å²) in [6, 6.07) is 0.565. The van der Waals surface area contributed by atoms with Crippen LogP contribution in [0.1, 0.15) is 34.1 Å². The fourth-order valence-corrected chi connectivity index (χ4v) is 2.11. The summed E-state index contributed by atoms with van der Waals surface area (Å²) in [7, 11) is 0. The van der Waals surface area contributed by atoms with Crippen molar-refractivity contribution in [3.63, 3.8) is 0 Å². The molecule has 0 aliphatic carbocycles. The number of hydrogen-bond acceptors (Lipinski definition) is 3. The molecule has 1 saturated heterocycles. The Hall–Kier alpha value is -0.120. The van der Waals surface area contributed by atoms with Gasteiger partial charge in [-0.15, -0.1) is 0 Å². The number of morpholine rings is 1. The lowest BCUT2D eigenvalue weighted by Gasteiger charge is -2.39. The highest BCUT2D eigenvalue weighted by atomic mass is 16.5. The van der Waals surface area contributed by atoms with Gasteiger partial charge in [0.05, 0.1) is 13.2 Å². The SMILES string of the molecule is CCCNC(C)C(C)(C)CN1CCOCC1. The fraction of sp³-hybridized carbons (Fsp3) is 1.00. The molecule has 1 N–H and O–H groups in total. The van der Waals surface area contributed by atoms with Gasteiger partial charge in [0.15, 0.2) is 0 Å². The van der Waals surface area contributed by atoms with Crippen LogP contribution in [-0.2, 0) is 4.74 Å². The van der Waals surface area contributed by atoms with Crippen LogP contribution in [0.5, 0.6) is 0 Å². The van der Waals surface area contributed by atoms with E-state index in [9.17, 15) is 0 Å². The van der Waals surface area contributed by atoms with Gasteiger partial charge in [-0.2, -0.15) is 0 Å². The molecular weight excluding hydrogens is 200 g/mol. The van der Waals surface area contributed by atoms with E-state index in [1.54, 1.807) is 0 Å². The monoisotopic (exact) mass is 228 g/mol. The third-order valence-corrected chi connectivity index (χ3v) is 3.61. The number of hydrogen-bond donors (Lipinski definition) is 1. The van der Waals surface area contributed by atoms with Gasteiger partial charge >= 0.3 is 0 Å². The minimum atomic E-state index is 0.326. The van der Waals surface area contributed by atoms with Gasteiger partial charge in [0.25, 0.3) is 0 Å². The Labute approximate surface area is 101 Å². The summed E-state index contributed by atoms with van der Waals surface area (Å²) in [6.07, 6.45) is 1.21. The molecule has 1 rings (SSSR count). The second kappa shape index (κ2) is 6.58. The molecular formula is C13H28N2O. The molecule has 0 aromatic carbocycles. The van der Waals surface area contributed by atoms with Gasteiger partial charge in [0.2, 0.25) is 0 Å². The molecule has 0 amide bonds. The Morgan fingerprint density at radius 2 is 1.94 bits per heavy atom. The Kier molecular flexibility index (Phi) is 5.73. The summed E-state index contributed by atoms with van der Waals surface area (Å²) in [6.45, 7) is 15.5. The van der Waals surface area contributed by atoms with Crippen LogP contribution in [0.4, 0.5) is 0 Å². The van der Waals surface area contributed by atoms with E-state index >= 15 is 0 Å². The second-order valence-corrected chi connectivity index (χ2v) is 5.55. The quantitative estimate of drug-likeness (QED) is 0.749. The summed E-state index contributed by atoms with van der Waals surface area (Å²) in [5, 5.41) is 3.60. The van der Waals surface area contributed by atoms with E-state index in [1.807, 2.05) is 0 Å². The predicted octanol–water partition coefficient (Wildman–Crippen LogP) is 1.73. The average molecular weight is 228 g/mol. The highest BCUT2D eigenvalue weighted by Crippen LogP contribution is 2.22. The zero-order valence-electron chi connectivity index (χ0n) is 11.4. The molecule has 1 aliphatic heterocycles. The van der Waals surface area contributed by atoms with Crippen molar-refractivity contribution >= 4 is 0 Å². The van der Waals surface area contributed by atoms with Gasteiger partial charge in [0, 0.05) is 25.7 Å². The third kappa shape index (κ3) is 4.40. The molecule has 1 aliphatic rings. The molecule has 1 atom stereocenters. The number of ether oxygens (including phenoxy) is 1. The largest absolute Gasteiger partial charge is 0.379 e. The summed E-state index contributed by atoms with van der Waals surface area (Å²) in [5.41, 5.74) is 0.326. The normalized spacial score (nSPS) is 21.0. The van der Waals surface area contributed by atoms with Crippen molar-refractivity contribution in [1.29, 1.82) is 0 Å². The molecule has 3 nitrogen and oxygen atoms in total.